The molecule has 0 unspecified atom stereocenters. The molecule has 0 spiro atoms. The van der Waals surface area contributed by atoms with Gasteiger partial charge in [-0.25, -0.2) is 4.39 Å². The van der Waals surface area contributed by atoms with Crippen LogP contribution in [-0.2, 0) is 6.54 Å². The lowest BCUT2D eigenvalue weighted by Crippen LogP contribution is -2.12. The third kappa shape index (κ3) is 3.19. The first-order valence-electron chi connectivity index (χ1n) is 6.35. The van der Waals surface area contributed by atoms with Crippen molar-refractivity contribution in [3.8, 4) is 11.1 Å². The predicted molar refractivity (Wildman–Crippen MR) is 75.9 cm³/mol. The number of nitrogens with one attached hydrogen (secondary N) is 1. The highest BCUT2D eigenvalue weighted by atomic mass is 19.1. The first-order chi connectivity index (χ1) is 9.61. The SMILES string of the molecule is CCNCc1cc(F)ccc1-c1cccc([N+](=O)[O-])c1. The summed E-state index contributed by atoms with van der Waals surface area (Å²) < 4.78 is 13.4. The maximum absolute atomic E-state index is 13.4. The Balaban J connectivity index is 2.45. The van der Waals surface area contributed by atoms with Crippen molar-refractivity contribution in [1.29, 1.82) is 0 Å². The van der Waals surface area contributed by atoms with Crippen LogP contribution in [0.2, 0.25) is 0 Å². The van der Waals surface area contributed by atoms with E-state index >= 15 is 0 Å². The van der Waals surface area contributed by atoms with Crippen LogP contribution >= 0.6 is 0 Å². The van der Waals surface area contributed by atoms with Crippen molar-refractivity contribution in [3.05, 3.63) is 64.0 Å². The van der Waals surface area contributed by atoms with Crippen molar-refractivity contribution in [3.63, 3.8) is 0 Å². The molecule has 2 rings (SSSR count). The lowest BCUT2D eigenvalue weighted by Gasteiger charge is -2.10. The van der Waals surface area contributed by atoms with E-state index in [4.69, 9.17) is 0 Å². The van der Waals surface area contributed by atoms with Crippen LogP contribution in [0.3, 0.4) is 0 Å². The molecule has 0 aliphatic carbocycles. The minimum atomic E-state index is -0.434. The summed E-state index contributed by atoms with van der Waals surface area (Å²) in [6, 6.07) is 10.8. The zero-order valence-electron chi connectivity index (χ0n) is 11.1. The van der Waals surface area contributed by atoms with Gasteiger partial charge in [-0.05, 0) is 35.4 Å². The summed E-state index contributed by atoms with van der Waals surface area (Å²) in [6.07, 6.45) is 0. The second-order valence-electron chi connectivity index (χ2n) is 4.39. The van der Waals surface area contributed by atoms with Crippen LogP contribution in [0.4, 0.5) is 10.1 Å². The minimum absolute atomic E-state index is 0.0289. The Labute approximate surface area is 116 Å². The molecule has 0 amide bonds. The van der Waals surface area contributed by atoms with Gasteiger partial charge in [0.15, 0.2) is 0 Å². The standard InChI is InChI=1S/C15H15FN2O2/c1-2-17-10-12-8-13(16)6-7-15(12)11-4-3-5-14(9-11)18(19)20/h3-9,17H,2,10H2,1H3. The van der Waals surface area contributed by atoms with Crippen molar-refractivity contribution in [1.82, 2.24) is 5.32 Å². The molecule has 20 heavy (non-hydrogen) atoms. The Bertz CT molecular complexity index is 629. The summed E-state index contributed by atoms with van der Waals surface area (Å²) in [5.74, 6) is -0.313. The van der Waals surface area contributed by atoms with E-state index in [0.717, 1.165) is 17.7 Å². The van der Waals surface area contributed by atoms with E-state index in [-0.39, 0.29) is 11.5 Å². The van der Waals surface area contributed by atoms with Crippen LogP contribution in [-0.4, -0.2) is 11.5 Å². The maximum atomic E-state index is 13.4. The molecule has 0 atom stereocenters. The largest absolute Gasteiger partial charge is 0.313 e. The molecule has 5 heteroatoms. The average Bonchev–Trinajstić information content (AvgIpc) is 2.45. The molecule has 0 heterocycles. The van der Waals surface area contributed by atoms with Crippen LogP contribution in [0.5, 0.6) is 0 Å². The summed E-state index contributed by atoms with van der Waals surface area (Å²) in [4.78, 5) is 10.4. The Morgan fingerprint density at radius 2 is 2.05 bits per heavy atom. The molecule has 0 radical (unpaired) electrons. The highest BCUT2D eigenvalue weighted by molar-refractivity contribution is 5.69. The maximum Gasteiger partial charge on any atom is 0.270 e. The molecule has 0 saturated carbocycles. The monoisotopic (exact) mass is 274 g/mol. The fraction of sp³-hybridized carbons (Fsp3) is 0.200. The molecule has 1 N–H and O–H groups in total. The van der Waals surface area contributed by atoms with Gasteiger partial charge in [0.1, 0.15) is 5.82 Å². The average molecular weight is 274 g/mol. The number of hydrogen-bond donors (Lipinski definition) is 1. The topological polar surface area (TPSA) is 55.2 Å². The summed E-state index contributed by atoms with van der Waals surface area (Å²) in [7, 11) is 0. The number of halogens is 1. The smallest absolute Gasteiger partial charge is 0.270 e. The van der Waals surface area contributed by atoms with Crippen molar-refractivity contribution in [2.45, 2.75) is 13.5 Å². The third-order valence-corrected chi connectivity index (χ3v) is 3.00. The molecular formula is C15H15FN2O2. The number of nitro benzene ring substituents is 1. The van der Waals surface area contributed by atoms with E-state index in [1.54, 1.807) is 18.2 Å². The van der Waals surface area contributed by atoms with Gasteiger partial charge in [0, 0.05) is 18.7 Å². The minimum Gasteiger partial charge on any atom is -0.313 e. The van der Waals surface area contributed by atoms with Crippen molar-refractivity contribution < 1.29 is 9.31 Å². The van der Waals surface area contributed by atoms with Crippen molar-refractivity contribution in [2.75, 3.05) is 6.54 Å². The van der Waals surface area contributed by atoms with Gasteiger partial charge in [-0.1, -0.05) is 25.1 Å². The number of non-ortho nitro benzene ring substituents is 1. The normalized spacial score (nSPS) is 10.5. The summed E-state index contributed by atoms with van der Waals surface area (Å²) in [6.45, 7) is 3.25. The Morgan fingerprint density at radius 1 is 1.25 bits per heavy atom. The van der Waals surface area contributed by atoms with Gasteiger partial charge in [-0.3, -0.25) is 10.1 Å². The van der Waals surface area contributed by atoms with E-state index in [1.807, 2.05) is 6.92 Å². The molecule has 0 saturated heterocycles. The van der Waals surface area contributed by atoms with E-state index < -0.39 is 4.92 Å². The number of nitro groups is 1. The fourth-order valence-corrected chi connectivity index (χ4v) is 2.04. The lowest BCUT2D eigenvalue weighted by molar-refractivity contribution is -0.384. The van der Waals surface area contributed by atoms with Gasteiger partial charge in [-0.2, -0.15) is 0 Å². The zero-order chi connectivity index (χ0) is 14.5. The molecule has 2 aromatic rings. The highest BCUT2D eigenvalue weighted by Crippen LogP contribution is 2.27. The van der Waals surface area contributed by atoms with Crippen LogP contribution in [0.15, 0.2) is 42.5 Å². The molecule has 4 nitrogen and oxygen atoms in total. The van der Waals surface area contributed by atoms with Crippen LogP contribution in [0.25, 0.3) is 11.1 Å². The molecule has 0 bridgehead atoms. The van der Waals surface area contributed by atoms with Gasteiger partial charge in [0.2, 0.25) is 0 Å². The van der Waals surface area contributed by atoms with Gasteiger partial charge >= 0.3 is 0 Å². The number of nitrogens with zero attached hydrogens (tertiary/aromatic N) is 1. The van der Waals surface area contributed by atoms with E-state index in [9.17, 15) is 14.5 Å². The predicted octanol–water partition coefficient (Wildman–Crippen LogP) is 3.51. The Morgan fingerprint density at radius 3 is 2.75 bits per heavy atom. The Kier molecular flexibility index (Phi) is 4.42. The zero-order valence-corrected chi connectivity index (χ0v) is 11.1. The van der Waals surface area contributed by atoms with Crippen LogP contribution < -0.4 is 5.32 Å². The van der Waals surface area contributed by atoms with E-state index in [0.29, 0.717) is 12.1 Å². The molecule has 104 valence electrons. The summed E-state index contributed by atoms with van der Waals surface area (Å²) >= 11 is 0. The van der Waals surface area contributed by atoms with Gasteiger partial charge in [-0.15, -0.1) is 0 Å². The number of hydrogen-bond acceptors (Lipinski definition) is 3. The molecule has 0 aliphatic rings. The van der Waals surface area contributed by atoms with E-state index in [2.05, 4.69) is 5.32 Å². The van der Waals surface area contributed by atoms with Crippen LogP contribution in [0.1, 0.15) is 12.5 Å². The first-order valence-corrected chi connectivity index (χ1v) is 6.35. The molecule has 0 fully saturated rings. The molecule has 2 aromatic carbocycles. The van der Waals surface area contributed by atoms with Crippen molar-refractivity contribution in [2.24, 2.45) is 0 Å². The third-order valence-electron chi connectivity index (χ3n) is 3.00. The lowest BCUT2D eigenvalue weighted by atomic mass is 9.99. The molecule has 0 aliphatic heterocycles. The Hall–Kier alpha value is -2.27. The molecule has 0 aromatic heterocycles. The second-order valence-corrected chi connectivity index (χ2v) is 4.39. The first kappa shape index (κ1) is 14.1. The number of rotatable bonds is 5. The van der Waals surface area contributed by atoms with Gasteiger partial charge < -0.3 is 5.32 Å². The second kappa shape index (κ2) is 6.25. The van der Waals surface area contributed by atoms with Gasteiger partial charge in [0.25, 0.3) is 5.69 Å². The van der Waals surface area contributed by atoms with Crippen LogP contribution in [0, 0.1) is 15.9 Å². The number of benzene rings is 2. The molecular weight excluding hydrogens is 259 g/mol. The van der Waals surface area contributed by atoms with E-state index in [1.165, 1.54) is 24.3 Å². The summed E-state index contributed by atoms with van der Waals surface area (Å²) in [5, 5.41) is 14.0. The van der Waals surface area contributed by atoms with Gasteiger partial charge in [0.05, 0.1) is 4.92 Å². The van der Waals surface area contributed by atoms with Crippen molar-refractivity contribution >= 4 is 5.69 Å². The fourth-order valence-electron chi connectivity index (χ4n) is 2.04. The highest BCUT2D eigenvalue weighted by Gasteiger charge is 2.10. The summed E-state index contributed by atoms with van der Waals surface area (Å²) in [5.41, 5.74) is 2.33. The quantitative estimate of drug-likeness (QED) is 0.670.